The molecular weight excluding hydrogens is 827 g/mol. The van der Waals surface area contributed by atoms with Gasteiger partial charge in [0.2, 0.25) is 5.76 Å². The molecule has 0 aliphatic rings. The number of carbonyl (C=O) groups is 2. The molecule has 12 heteroatoms. The summed E-state index contributed by atoms with van der Waals surface area (Å²) in [7, 11) is 0. The van der Waals surface area contributed by atoms with Gasteiger partial charge in [-0.2, -0.15) is 10.5 Å². The number of thiophene rings is 4. The topological polar surface area (TPSA) is 124 Å². The van der Waals surface area contributed by atoms with Gasteiger partial charge in [-0.3, -0.25) is 4.79 Å². The van der Waals surface area contributed by atoms with Crippen molar-refractivity contribution in [3.05, 3.63) is 142 Å². The number of allylic oxidation sites excluding steroid dienone is 1. The standard InChI is InChI=1S/C48H37N3O5S4/c1-2-3-4-5-26-55-38-16-14-37(15-17-38)51(35-10-6-32(7-11-35)42-22-24-46(59-42)44-20-18-40(57-44)27-34(29-49)48(53)54)36-12-8-33(9-13-36)43-23-25-47(60-43)45-21-19-41(58-45)28-39(30-50)56-31-52/h6-25,27-28,31H,2-5,26H2,1H3,(H,53,54). The molecule has 3 aromatic carbocycles. The van der Waals surface area contributed by atoms with Crippen molar-refractivity contribution in [1.29, 1.82) is 10.5 Å². The molecule has 8 nitrogen and oxygen atoms in total. The van der Waals surface area contributed by atoms with Gasteiger partial charge in [0.25, 0.3) is 6.47 Å². The molecule has 0 unspecified atom stereocenters. The lowest BCUT2D eigenvalue weighted by atomic mass is 10.1. The van der Waals surface area contributed by atoms with Crippen LogP contribution in [-0.4, -0.2) is 24.2 Å². The van der Waals surface area contributed by atoms with Gasteiger partial charge in [0.1, 0.15) is 23.5 Å². The van der Waals surface area contributed by atoms with Gasteiger partial charge in [0.05, 0.1) is 6.61 Å². The van der Waals surface area contributed by atoms with Crippen LogP contribution in [0.3, 0.4) is 0 Å². The molecular formula is C48H37N3O5S4. The number of nitrogens with zero attached hydrogens (tertiary/aromatic N) is 3. The molecule has 0 atom stereocenters. The fraction of sp³-hybridized carbons (Fsp3) is 0.125. The van der Waals surface area contributed by atoms with E-state index in [-0.39, 0.29) is 17.8 Å². The number of hydrogen-bond acceptors (Lipinski definition) is 11. The molecule has 1 N–H and O–H groups in total. The second kappa shape index (κ2) is 19.9. The minimum Gasteiger partial charge on any atom is -0.494 e. The van der Waals surface area contributed by atoms with E-state index in [1.54, 1.807) is 34.8 Å². The van der Waals surface area contributed by atoms with Gasteiger partial charge in [-0.05, 0) is 121 Å². The van der Waals surface area contributed by atoms with Gasteiger partial charge < -0.3 is 19.5 Å². The van der Waals surface area contributed by atoms with E-state index in [4.69, 9.17) is 14.7 Å². The first kappa shape index (κ1) is 41.6. The van der Waals surface area contributed by atoms with Crippen molar-refractivity contribution < 1.29 is 24.2 Å². The third-order valence-corrected chi connectivity index (χ3v) is 14.1. The van der Waals surface area contributed by atoms with Crippen molar-refractivity contribution in [2.75, 3.05) is 11.5 Å². The van der Waals surface area contributed by atoms with Crippen molar-refractivity contribution in [3.63, 3.8) is 0 Å². The molecule has 0 bridgehead atoms. The van der Waals surface area contributed by atoms with Crippen LogP contribution in [0.1, 0.15) is 42.4 Å². The van der Waals surface area contributed by atoms with Gasteiger partial charge in [-0.1, -0.05) is 50.5 Å². The lowest BCUT2D eigenvalue weighted by molar-refractivity contribution is -0.132. The number of carbonyl (C=O) groups excluding carboxylic acids is 1. The van der Waals surface area contributed by atoms with E-state index in [2.05, 4.69) is 96.8 Å². The second-order valence-electron chi connectivity index (χ2n) is 13.4. The van der Waals surface area contributed by atoms with E-state index in [9.17, 15) is 20.0 Å². The predicted octanol–water partition coefficient (Wildman–Crippen LogP) is 14.1. The third-order valence-electron chi connectivity index (χ3n) is 9.33. The highest BCUT2D eigenvalue weighted by atomic mass is 32.1. The summed E-state index contributed by atoms with van der Waals surface area (Å²) >= 11 is 6.32. The maximum atomic E-state index is 11.3. The second-order valence-corrected chi connectivity index (χ2v) is 17.8. The van der Waals surface area contributed by atoms with Gasteiger partial charge in [0.15, 0.2) is 0 Å². The zero-order valence-electron chi connectivity index (χ0n) is 32.4. The Morgan fingerprint density at radius 2 is 1.10 bits per heavy atom. The van der Waals surface area contributed by atoms with Crippen LogP contribution in [0.25, 0.3) is 52.5 Å². The lowest BCUT2D eigenvalue weighted by Crippen LogP contribution is -2.10. The fourth-order valence-electron chi connectivity index (χ4n) is 6.34. The highest BCUT2D eigenvalue weighted by Gasteiger charge is 2.16. The van der Waals surface area contributed by atoms with Crippen molar-refractivity contribution in [1.82, 2.24) is 0 Å². The summed E-state index contributed by atoms with van der Waals surface area (Å²) in [4.78, 5) is 32.2. The van der Waals surface area contributed by atoms with Crippen LogP contribution in [0.2, 0.25) is 0 Å². The van der Waals surface area contributed by atoms with Gasteiger partial charge in [-0.15, -0.1) is 45.3 Å². The first-order chi connectivity index (χ1) is 29.3. The van der Waals surface area contributed by atoms with Crippen molar-refractivity contribution in [2.24, 2.45) is 0 Å². The number of nitriles is 2. The molecule has 4 heterocycles. The summed E-state index contributed by atoms with van der Waals surface area (Å²) in [5.41, 5.74) is 4.87. The predicted molar refractivity (Wildman–Crippen MR) is 246 cm³/mol. The van der Waals surface area contributed by atoms with Crippen LogP contribution in [0.4, 0.5) is 17.1 Å². The van der Waals surface area contributed by atoms with Crippen LogP contribution in [0.15, 0.2) is 133 Å². The van der Waals surface area contributed by atoms with Crippen molar-refractivity contribution in [2.45, 2.75) is 32.6 Å². The van der Waals surface area contributed by atoms with E-state index in [0.717, 1.165) is 80.9 Å². The van der Waals surface area contributed by atoms with Crippen LogP contribution in [0, 0.1) is 22.7 Å². The quantitative estimate of drug-likeness (QED) is 0.0297. The minimum absolute atomic E-state index is 0.0497. The Morgan fingerprint density at radius 1 is 0.617 bits per heavy atom. The fourth-order valence-corrected chi connectivity index (χ4v) is 10.4. The maximum absolute atomic E-state index is 11.3. The SMILES string of the molecule is CCCCCCOc1ccc(N(c2ccc(-c3ccc(-c4ccc(C=C(C#N)OC=O)s4)s3)cc2)c2ccc(-c3ccc(-c4ccc(C=C(C#N)C(=O)O)s4)s3)cc2)cc1. The summed E-state index contributed by atoms with van der Waals surface area (Å²) in [5, 5.41) is 27.6. The molecule has 60 heavy (non-hydrogen) atoms. The van der Waals surface area contributed by atoms with Crippen LogP contribution >= 0.6 is 45.3 Å². The summed E-state index contributed by atoms with van der Waals surface area (Å²) < 4.78 is 10.8. The number of hydrogen-bond donors (Lipinski definition) is 1. The number of unbranched alkanes of at least 4 members (excludes halogenated alkanes) is 3. The molecule has 0 amide bonds. The first-order valence-electron chi connectivity index (χ1n) is 19.1. The van der Waals surface area contributed by atoms with E-state index in [1.807, 2.05) is 42.5 Å². The number of anilines is 3. The Labute approximate surface area is 364 Å². The summed E-state index contributed by atoms with van der Waals surface area (Å²) in [6.45, 7) is 3.15. The lowest BCUT2D eigenvalue weighted by Gasteiger charge is -2.26. The smallest absolute Gasteiger partial charge is 0.346 e. The number of carboxylic acid groups (broad SMARTS) is 1. The molecule has 0 spiro atoms. The molecule has 7 aromatic rings. The maximum Gasteiger partial charge on any atom is 0.346 e. The highest BCUT2D eigenvalue weighted by molar-refractivity contribution is 7.24. The summed E-state index contributed by atoms with van der Waals surface area (Å²) in [6, 6.07) is 45.0. The van der Waals surface area contributed by atoms with E-state index < -0.39 is 5.97 Å². The Balaban J connectivity index is 1.13. The molecule has 0 aliphatic heterocycles. The normalized spacial score (nSPS) is 11.4. The molecule has 298 valence electrons. The third kappa shape index (κ3) is 10.2. The van der Waals surface area contributed by atoms with Crippen molar-refractivity contribution >= 4 is 87.0 Å². The average Bonchev–Trinajstić information content (AvgIpc) is 4.12. The Morgan fingerprint density at radius 3 is 1.58 bits per heavy atom. The molecule has 0 aliphatic carbocycles. The average molecular weight is 864 g/mol. The van der Waals surface area contributed by atoms with E-state index in [0.29, 0.717) is 11.5 Å². The number of aliphatic carboxylic acids is 1. The highest BCUT2D eigenvalue weighted by Crippen LogP contribution is 2.42. The van der Waals surface area contributed by atoms with Crippen LogP contribution < -0.4 is 9.64 Å². The Bertz CT molecular complexity index is 2720. The largest absolute Gasteiger partial charge is 0.494 e. The van der Waals surface area contributed by atoms with Crippen LogP contribution in [0.5, 0.6) is 5.75 Å². The van der Waals surface area contributed by atoms with E-state index >= 15 is 0 Å². The number of rotatable bonds is 18. The van der Waals surface area contributed by atoms with Gasteiger partial charge in [-0.25, -0.2) is 4.79 Å². The monoisotopic (exact) mass is 863 g/mol. The minimum atomic E-state index is -1.24. The molecule has 7 rings (SSSR count). The molecule has 0 saturated heterocycles. The summed E-state index contributed by atoms with van der Waals surface area (Å²) in [6.07, 6.45) is 7.56. The Hall–Kier alpha value is -6.54. The van der Waals surface area contributed by atoms with Crippen molar-refractivity contribution in [3.8, 4) is 58.3 Å². The molecule has 0 saturated carbocycles. The number of benzene rings is 3. The number of ether oxygens (including phenoxy) is 2. The zero-order chi connectivity index (χ0) is 41.8. The first-order valence-corrected chi connectivity index (χ1v) is 22.3. The summed E-state index contributed by atoms with van der Waals surface area (Å²) in [5.74, 6) is -0.442. The molecule has 0 fully saturated rings. The van der Waals surface area contributed by atoms with Crippen LogP contribution in [-0.2, 0) is 14.3 Å². The number of carboxylic acids is 1. The zero-order valence-corrected chi connectivity index (χ0v) is 35.6. The molecule has 4 aromatic heterocycles. The van der Waals surface area contributed by atoms with Gasteiger partial charge >= 0.3 is 5.97 Å². The van der Waals surface area contributed by atoms with E-state index in [1.165, 1.54) is 41.6 Å². The van der Waals surface area contributed by atoms with Gasteiger partial charge in [0, 0.05) is 62.2 Å². The Kier molecular flexibility index (Phi) is 13.8. The molecule has 0 radical (unpaired) electrons.